The van der Waals surface area contributed by atoms with Gasteiger partial charge < -0.3 is 19.9 Å². The van der Waals surface area contributed by atoms with E-state index in [-0.39, 0.29) is 36.3 Å². The van der Waals surface area contributed by atoms with Crippen LogP contribution in [0.5, 0.6) is 5.75 Å². The quantitative estimate of drug-likeness (QED) is 0.812. The highest BCUT2D eigenvalue weighted by Gasteiger charge is 2.33. The summed E-state index contributed by atoms with van der Waals surface area (Å²) in [5.74, 6) is 0.714. The van der Waals surface area contributed by atoms with E-state index in [2.05, 4.69) is 15.3 Å². The van der Waals surface area contributed by atoms with Crippen LogP contribution in [-0.2, 0) is 16.0 Å². The van der Waals surface area contributed by atoms with E-state index < -0.39 is 0 Å². The number of benzene rings is 1. The van der Waals surface area contributed by atoms with Gasteiger partial charge in [0.1, 0.15) is 11.6 Å². The van der Waals surface area contributed by atoms with Gasteiger partial charge in [0.15, 0.2) is 0 Å². The molecular weight excluding hydrogens is 348 g/mol. The lowest BCUT2D eigenvalue weighted by molar-refractivity contribution is -0.121. The largest absolute Gasteiger partial charge is 0.495 e. The van der Waals surface area contributed by atoms with Crippen LogP contribution in [0, 0.1) is 13.8 Å². The number of para-hydroxylation sites is 2. The van der Waals surface area contributed by atoms with Crippen LogP contribution in [0.1, 0.15) is 23.5 Å². The summed E-state index contributed by atoms with van der Waals surface area (Å²) in [6.07, 6.45) is 0.124. The van der Waals surface area contributed by atoms with E-state index in [0.717, 1.165) is 0 Å². The first kappa shape index (κ1) is 18.6. The Morgan fingerprint density at radius 2 is 2.07 bits per heavy atom. The number of nitrogens with one attached hydrogen (secondary N) is 2. The summed E-state index contributed by atoms with van der Waals surface area (Å²) in [6.45, 7) is 3.74. The number of rotatable bonds is 5. The van der Waals surface area contributed by atoms with Crippen molar-refractivity contribution in [2.45, 2.75) is 32.7 Å². The van der Waals surface area contributed by atoms with Crippen LogP contribution in [0.25, 0.3) is 0 Å². The number of carbonyl (C=O) groups is 2. The number of hydrogen-bond donors (Lipinski definition) is 2. The minimum absolute atomic E-state index is 0.0756. The van der Waals surface area contributed by atoms with E-state index >= 15 is 0 Å². The lowest BCUT2D eigenvalue weighted by atomic mass is 10.1. The van der Waals surface area contributed by atoms with E-state index in [1.807, 2.05) is 18.2 Å². The summed E-state index contributed by atoms with van der Waals surface area (Å²) in [7, 11) is 1.55. The molecule has 0 spiro atoms. The highest BCUT2D eigenvalue weighted by atomic mass is 16.5. The van der Waals surface area contributed by atoms with Gasteiger partial charge in [0.05, 0.1) is 25.3 Å². The lowest BCUT2D eigenvalue weighted by Crippen LogP contribution is -2.39. The van der Waals surface area contributed by atoms with Gasteiger partial charge in [-0.15, -0.1) is 0 Å². The highest BCUT2D eigenvalue weighted by molar-refractivity contribution is 5.98. The third-order valence-electron chi connectivity index (χ3n) is 4.54. The number of carbonyl (C=O) groups excluding carboxylic acids is 2. The van der Waals surface area contributed by atoms with Crippen molar-refractivity contribution in [2.24, 2.45) is 0 Å². The van der Waals surface area contributed by atoms with Crippen LogP contribution in [0.15, 0.2) is 29.1 Å². The summed E-state index contributed by atoms with van der Waals surface area (Å²) >= 11 is 0. The van der Waals surface area contributed by atoms with Gasteiger partial charge >= 0.3 is 0 Å². The molecule has 0 aliphatic carbocycles. The second-order valence-corrected chi connectivity index (χ2v) is 6.54. The summed E-state index contributed by atoms with van der Waals surface area (Å²) in [6, 6.07) is 6.93. The molecule has 1 fully saturated rings. The van der Waals surface area contributed by atoms with Gasteiger partial charge in [-0.1, -0.05) is 12.1 Å². The van der Waals surface area contributed by atoms with E-state index in [1.54, 1.807) is 31.9 Å². The van der Waals surface area contributed by atoms with E-state index in [9.17, 15) is 14.4 Å². The van der Waals surface area contributed by atoms with Crippen molar-refractivity contribution in [3.05, 3.63) is 51.7 Å². The molecule has 2 N–H and O–H groups in total. The molecule has 1 aromatic heterocycles. The highest BCUT2D eigenvalue weighted by Crippen LogP contribution is 2.30. The molecule has 1 atom stereocenters. The van der Waals surface area contributed by atoms with Gasteiger partial charge in [0, 0.05) is 24.2 Å². The SMILES string of the molecule is COc1ccccc1N1C[C@@H](NC(=O)Cc2c(C)nc(C)[nH]c2=O)CC1=O. The Balaban J connectivity index is 1.68. The average Bonchev–Trinajstić information content (AvgIpc) is 2.98. The minimum atomic E-state index is -0.326. The predicted molar refractivity (Wildman–Crippen MR) is 99.9 cm³/mol. The average molecular weight is 370 g/mol. The normalized spacial score (nSPS) is 16.5. The molecule has 1 aromatic carbocycles. The molecule has 0 saturated carbocycles. The van der Waals surface area contributed by atoms with Gasteiger partial charge in [-0.05, 0) is 26.0 Å². The van der Waals surface area contributed by atoms with Crippen molar-refractivity contribution in [3.63, 3.8) is 0 Å². The number of H-pyrrole nitrogens is 1. The Labute approximate surface area is 156 Å². The molecule has 2 aromatic rings. The Kier molecular flexibility index (Phi) is 5.25. The van der Waals surface area contributed by atoms with Crippen molar-refractivity contribution in [2.75, 3.05) is 18.6 Å². The minimum Gasteiger partial charge on any atom is -0.495 e. The fraction of sp³-hybridized carbons (Fsp3) is 0.368. The number of aryl methyl sites for hydroxylation is 2. The van der Waals surface area contributed by atoms with Gasteiger partial charge in [-0.3, -0.25) is 14.4 Å². The number of hydrogen-bond acceptors (Lipinski definition) is 5. The zero-order chi connectivity index (χ0) is 19.6. The zero-order valence-corrected chi connectivity index (χ0v) is 15.5. The fourth-order valence-corrected chi connectivity index (χ4v) is 3.29. The Morgan fingerprint density at radius 3 is 2.78 bits per heavy atom. The second-order valence-electron chi connectivity index (χ2n) is 6.54. The predicted octanol–water partition coefficient (Wildman–Crippen LogP) is 0.860. The maximum absolute atomic E-state index is 12.4. The summed E-state index contributed by atoms with van der Waals surface area (Å²) in [5.41, 5.74) is 1.23. The molecular formula is C19H22N4O4. The number of ether oxygens (including phenoxy) is 1. The molecule has 1 saturated heterocycles. The maximum Gasteiger partial charge on any atom is 0.254 e. The van der Waals surface area contributed by atoms with E-state index in [1.165, 1.54) is 0 Å². The molecule has 0 radical (unpaired) electrons. The number of amides is 2. The maximum atomic E-state index is 12.4. The van der Waals surface area contributed by atoms with E-state index in [4.69, 9.17) is 4.74 Å². The molecule has 0 unspecified atom stereocenters. The molecule has 0 bridgehead atoms. The third-order valence-corrected chi connectivity index (χ3v) is 4.54. The number of aromatic amines is 1. The van der Waals surface area contributed by atoms with Crippen LogP contribution >= 0.6 is 0 Å². The summed E-state index contributed by atoms with van der Waals surface area (Å²) in [4.78, 5) is 45.2. The Morgan fingerprint density at radius 1 is 1.33 bits per heavy atom. The van der Waals surface area contributed by atoms with Crippen LogP contribution < -0.4 is 20.5 Å². The monoisotopic (exact) mass is 370 g/mol. The van der Waals surface area contributed by atoms with E-state index in [0.29, 0.717) is 35.1 Å². The van der Waals surface area contributed by atoms with Crippen molar-refractivity contribution in [1.29, 1.82) is 0 Å². The van der Waals surface area contributed by atoms with Crippen LogP contribution in [0.3, 0.4) is 0 Å². The van der Waals surface area contributed by atoms with Crippen LogP contribution in [-0.4, -0.2) is 41.5 Å². The van der Waals surface area contributed by atoms with Gasteiger partial charge in [0.25, 0.3) is 5.56 Å². The molecule has 3 rings (SSSR count). The van der Waals surface area contributed by atoms with Gasteiger partial charge in [0.2, 0.25) is 11.8 Å². The summed E-state index contributed by atoms with van der Waals surface area (Å²) in [5, 5.41) is 2.84. The second kappa shape index (κ2) is 7.61. The Hall–Kier alpha value is -3.16. The van der Waals surface area contributed by atoms with Crippen molar-refractivity contribution < 1.29 is 14.3 Å². The van der Waals surface area contributed by atoms with Crippen molar-refractivity contribution in [3.8, 4) is 5.75 Å². The topological polar surface area (TPSA) is 104 Å². The molecule has 8 nitrogen and oxygen atoms in total. The molecule has 27 heavy (non-hydrogen) atoms. The van der Waals surface area contributed by atoms with Crippen molar-refractivity contribution >= 4 is 17.5 Å². The summed E-state index contributed by atoms with van der Waals surface area (Å²) < 4.78 is 5.31. The van der Waals surface area contributed by atoms with Crippen LogP contribution in [0.2, 0.25) is 0 Å². The Bertz CT molecular complexity index is 938. The molecule has 1 aliphatic rings. The molecule has 142 valence electrons. The fourth-order valence-electron chi connectivity index (χ4n) is 3.29. The van der Waals surface area contributed by atoms with Crippen molar-refractivity contribution in [1.82, 2.24) is 15.3 Å². The third kappa shape index (κ3) is 3.99. The standard InChI is InChI=1S/C19H22N4O4/c1-11-14(19(26)21-12(2)20-11)9-17(24)22-13-8-18(25)23(10-13)15-6-4-5-7-16(15)27-3/h4-7,13H,8-10H2,1-3H3,(H,22,24)(H,20,21,26)/t13-/m0/s1. The smallest absolute Gasteiger partial charge is 0.254 e. The number of methoxy groups -OCH3 is 1. The lowest BCUT2D eigenvalue weighted by Gasteiger charge is -2.19. The first-order chi connectivity index (χ1) is 12.9. The molecule has 2 amide bonds. The van der Waals surface area contributed by atoms with Gasteiger partial charge in [-0.25, -0.2) is 4.98 Å². The number of nitrogens with zero attached hydrogens (tertiary/aromatic N) is 2. The van der Waals surface area contributed by atoms with Crippen LogP contribution in [0.4, 0.5) is 5.69 Å². The number of aromatic nitrogens is 2. The molecule has 1 aliphatic heterocycles. The van der Waals surface area contributed by atoms with Gasteiger partial charge in [-0.2, -0.15) is 0 Å². The first-order valence-electron chi connectivity index (χ1n) is 8.68. The zero-order valence-electron chi connectivity index (χ0n) is 15.5. The molecule has 2 heterocycles. The first-order valence-corrected chi connectivity index (χ1v) is 8.68. The number of anilines is 1. The molecule has 8 heteroatoms.